The largest absolute Gasteiger partial charge is 0.573 e. The number of carbonyl (C=O) groups is 2. The van der Waals surface area contributed by atoms with Crippen LogP contribution in [0.5, 0.6) is 5.75 Å². The standard InChI is InChI=1S/C41H49F3N2O5/c1-27(2)45-38(49)46(25-29-13-17-33(18-14-29)51-41(42,43)44)26-40(50)22-20-36-34-19-15-30(24-35(34)37(48)31-10-6-5-7-11-31)23-32(47)16-12-28(3)9-8-21-39(36,40)4/h5-7,9-11,13-15,17-19,24,27,32,36,47,50H,8,12,16,20-23,25-26H2,1-4H3,(H,45,49). The Balaban J connectivity index is 1.55. The zero-order valence-corrected chi connectivity index (χ0v) is 29.8. The van der Waals surface area contributed by atoms with Crippen LogP contribution < -0.4 is 10.1 Å². The maximum Gasteiger partial charge on any atom is 0.573 e. The summed E-state index contributed by atoms with van der Waals surface area (Å²) < 4.78 is 42.4. The molecule has 6 rings (SSSR count). The van der Waals surface area contributed by atoms with Crippen LogP contribution >= 0.6 is 0 Å². The van der Waals surface area contributed by atoms with Gasteiger partial charge < -0.3 is 25.2 Å². The van der Waals surface area contributed by atoms with Crippen molar-refractivity contribution in [2.45, 2.75) is 109 Å². The second-order valence-corrected chi connectivity index (χ2v) is 14.8. The van der Waals surface area contributed by atoms with E-state index in [0.29, 0.717) is 55.2 Å². The molecule has 4 unspecified atom stereocenters. The van der Waals surface area contributed by atoms with Gasteiger partial charge in [0.25, 0.3) is 0 Å². The molecule has 0 aliphatic heterocycles. The SMILES string of the molecule is CC1=CCCC2(C)C(CCC2(O)CN(Cc2ccc(OC(F)(F)F)cc2)C(=O)NC(C)C)c2ccc(cc2C(=O)c2ccccc2)CC(O)CC1. The normalized spacial score (nSPS) is 24.0. The number of alkyl halides is 3. The minimum absolute atomic E-state index is 0.0334. The van der Waals surface area contributed by atoms with E-state index in [0.717, 1.165) is 23.1 Å². The van der Waals surface area contributed by atoms with Crippen LogP contribution in [0.4, 0.5) is 18.0 Å². The van der Waals surface area contributed by atoms with Crippen molar-refractivity contribution in [2.75, 3.05) is 6.54 Å². The van der Waals surface area contributed by atoms with Gasteiger partial charge in [0.15, 0.2) is 5.78 Å². The van der Waals surface area contributed by atoms with Crippen molar-refractivity contribution in [1.29, 1.82) is 0 Å². The number of ether oxygens (including phenoxy) is 1. The summed E-state index contributed by atoms with van der Waals surface area (Å²) in [5.74, 6) is -0.730. The van der Waals surface area contributed by atoms with Crippen LogP contribution in [0.3, 0.4) is 0 Å². The summed E-state index contributed by atoms with van der Waals surface area (Å²) in [5.41, 5.74) is 2.34. The van der Waals surface area contributed by atoms with Crippen molar-refractivity contribution in [1.82, 2.24) is 10.2 Å². The van der Waals surface area contributed by atoms with Crippen molar-refractivity contribution in [3.8, 4) is 5.75 Å². The molecule has 0 radical (unpaired) electrons. The number of hydrogen-bond donors (Lipinski definition) is 3. The molecule has 0 heterocycles. The Morgan fingerprint density at radius 1 is 1.02 bits per heavy atom. The summed E-state index contributed by atoms with van der Waals surface area (Å²) >= 11 is 0. The molecule has 0 saturated heterocycles. The molecule has 51 heavy (non-hydrogen) atoms. The van der Waals surface area contributed by atoms with Gasteiger partial charge in [0.2, 0.25) is 0 Å². The van der Waals surface area contributed by atoms with E-state index in [9.17, 15) is 33.0 Å². The van der Waals surface area contributed by atoms with E-state index in [2.05, 4.69) is 23.1 Å². The number of nitrogens with one attached hydrogen (secondary N) is 1. The average molecular weight is 707 g/mol. The van der Waals surface area contributed by atoms with Gasteiger partial charge in [-0.15, -0.1) is 13.2 Å². The molecule has 7 nitrogen and oxygen atoms in total. The van der Waals surface area contributed by atoms with E-state index in [1.807, 2.05) is 57.2 Å². The van der Waals surface area contributed by atoms with Gasteiger partial charge in [0, 0.05) is 29.1 Å². The molecule has 2 amide bonds. The Morgan fingerprint density at radius 3 is 2.39 bits per heavy atom. The number of ketones is 1. The first-order valence-corrected chi connectivity index (χ1v) is 17.8. The number of urea groups is 1. The highest BCUT2D eigenvalue weighted by molar-refractivity contribution is 6.10. The van der Waals surface area contributed by atoms with Crippen LogP contribution in [0, 0.1) is 5.41 Å². The molecule has 10 heteroatoms. The van der Waals surface area contributed by atoms with E-state index in [-0.39, 0.29) is 36.6 Å². The van der Waals surface area contributed by atoms with E-state index in [4.69, 9.17) is 0 Å². The lowest BCUT2D eigenvalue weighted by Crippen LogP contribution is -2.55. The Kier molecular flexibility index (Phi) is 11.7. The average Bonchev–Trinajstić information content (AvgIpc) is 3.32. The molecule has 0 spiro atoms. The molecule has 1 fully saturated rings. The van der Waals surface area contributed by atoms with E-state index in [1.165, 1.54) is 29.2 Å². The quantitative estimate of drug-likeness (QED) is 0.161. The highest BCUT2D eigenvalue weighted by Gasteiger charge is 2.57. The zero-order chi connectivity index (χ0) is 37.0. The van der Waals surface area contributed by atoms with Gasteiger partial charge in [-0.2, -0.15) is 0 Å². The summed E-state index contributed by atoms with van der Waals surface area (Å²) in [5, 5.41) is 26.7. The fraction of sp³-hybridized carbons (Fsp3) is 0.463. The highest BCUT2D eigenvalue weighted by atomic mass is 19.4. The first-order chi connectivity index (χ1) is 24.1. The molecule has 3 aromatic rings. The van der Waals surface area contributed by atoms with Gasteiger partial charge in [0.1, 0.15) is 5.75 Å². The number of fused-ring (bicyclic) bond motifs is 8. The topological polar surface area (TPSA) is 99.1 Å². The van der Waals surface area contributed by atoms with E-state index < -0.39 is 29.5 Å². The maximum absolute atomic E-state index is 14.2. The van der Waals surface area contributed by atoms with Crippen LogP contribution in [0.25, 0.3) is 0 Å². The fourth-order valence-electron chi connectivity index (χ4n) is 7.81. The second kappa shape index (κ2) is 15.6. The van der Waals surface area contributed by atoms with Crippen LogP contribution in [0.1, 0.15) is 105 Å². The molecule has 0 aromatic heterocycles. The molecular weight excluding hydrogens is 657 g/mol. The number of aliphatic hydroxyl groups excluding tert-OH is 1. The van der Waals surface area contributed by atoms with Crippen molar-refractivity contribution in [2.24, 2.45) is 5.41 Å². The number of amides is 2. The molecule has 4 atom stereocenters. The number of hydrogen-bond acceptors (Lipinski definition) is 5. The van der Waals surface area contributed by atoms with Crippen LogP contribution in [0.15, 0.2) is 84.4 Å². The third-order valence-electron chi connectivity index (χ3n) is 10.6. The molecule has 3 N–H and O–H groups in total. The predicted octanol–water partition coefficient (Wildman–Crippen LogP) is 8.47. The van der Waals surface area contributed by atoms with Crippen LogP contribution in [-0.4, -0.2) is 57.6 Å². The summed E-state index contributed by atoms with van der Waals surface area (Å²) in [4.78, 5) is 29.4. The minimum atomic E-state index is -4.82. The van der Waals surface area contributed by atoms with Gasteiger partial charge in [-0.05, 0) is 107 Å². The summed E-state index contributed by atoms with van der Waals surface area (Å²) in [7, 11) is 0. The maximum atomic E-state index is 14.2. The molecule has 1 saturated carbocycles. The number of aliphatic hydroxyl groups is 2. The molecule has 3 aliphatic carbocycles. The molecule has 274 valence electrons. The molecule has 2 bridgehead atoms. The Hall–Kier alpha value is -4.15. The van der Waals surface area contributed by atoms with Crippen LogP contribution in [-0.2, 0) is 13.0 Å². The first-order valence-electron chi connectivity index (χ1n) is 17.8. The summed E-state index contributed by atoms with van der Waals surface area (Å²) in [6.45, 7) is 7.78. The first kappa shape index (κ1) is 38.1. The lowest BCUT2D eigenvalue weighted by Gasteiger charge is -2.46. The highest BCUT2D eigenvalue weighted by Crippen LogP contribution is 2.59. The lowest BCUT2D eigenvalue weighted by atomic mass is 9.64. The van der Waals surface area contributed by atoms with Gasteiger partial charge in [-0.25, -0.2) is 4.79 Å². The number of allylic oxidation sites excluding steroid dienone is 2. The van der Waals surface area contributed by atoms with E-state index in [1.54, 1.807) is 12.1 Å². The van der Waals surface area contributed by atoms with Crippen molar-refractivity contribution < 1.29 is 37.7 Å². The van der Waals surface area contributed by atoms with Crippen molar-refractivity contribution in [3.05, 3.63) is 112 Å². The lowest BCUT2D eigenvalue weighted by molar-refractivity contribution is -0.274. The van der Waals surface area contributed by atoms with Crippen molar-refractivity contribution in [3.63, 3.8) is 0 Å². The Labute approximate surface area is 298 Å². The monoisotopic (exact) mass is 706 g/mol. The van der Waals surface area contributed by atoms with Crippen LogP contribution in [0.2, 0.25) is 0 Å². The third kappa shape index (κ3) is 9.21. The van der Waals surface area contributed by atoms with Gasteiger partial charge in [-0.3, -0.25) is 4.79 Å². The fourth-order valence-corrected chi connectivity index (χ4v) is 7.81. The number of halogens is 3. The van der Waals surface area contributed by atoms with Gasteiger partial charge >= 0.3 is 12.4 Å². The van der Waals surface area contributed by atoms with E-state index >= 15 is 0 Å². The number of nitrogens with zero attached hydrogens (tertiary/aromatic N) is 1. The van der Waals surface area contributed by atoms with Gasteiger partial charge in [0.05, 0.1) is 18.2 Å². The number of carbonyl (C=O) groups excluding carboxylic acids is 2. The summed E-state index contributed by atoms with van der Waals surface area (Å²) in [6, 6.07) is 19.7. The zero-order valence-electron chi connectivity index (χ0n) is 29.8. The number of benzene rings is 3. The summed E-state index contributed by atoms with van der Waals surface area (Å²) in [6.07, 6.45) is 0.636. The van der Waals surface area contributed by atoms with Gasteiger partial charge in [-0.1, -0.05) is 73.2 Å². The predicted molar refractivity (Wildman–Crippen MR) is 190 cm³/mol. The molecule has 3 aliphatic rings. The molecular formula is C41H49F3N2O5. The smallest absolute Gasteiger partial charge is 0.406 e. The Bertz CT molecular complexity index is 1710. The second-order valence-electron chi connectivity index (χ2n) is 14.8. The number of rotatable bonds is 8. The molecule has 3 aromatic carbocycles. The third-order valence-corrected chi connectivity index (χ3v) is 10.6. The van der Waals surface area contributed by atoms with Crippen molar-refractivity contribution >= 4 is 11.8 Å². The minimum Gasteiger partial charge on any atom is -0.406 e. The Morgan fingerprint density at radius 2 is 1.73 bits per heavy atom.